The molecule has 0 saturated carbocycles. The van der Waals surface area contributed by atoms with Gasteiger partial charge in [-0.2, -0.15) is 0 Å². The van der Waals surface area contributed by atoms with Crippen molar-refractivity contribution in [3.8, 4) is 0 Å². The number of halogens is 1. The van der Waals surface area contributed by atoms with E-state index >= 15 is 0 Å². The van der Waals surface area contributed by atoms with Crippen LogP contribution < -0.4 is 0 Å². The first-order valence-corrected chi connectivity index (χ1v) is 7.20. The fourth-order valence-corrected chi connectivity index (χ4v) is 2.66. The number of hydrogen-bond donors (Lipinski definition) is 0. The number of nitrogens with zero attached hydrogens (tertiary/aromatic N) is 1. The Bertz CT molecular complexity index is 544. The van der Waals surface area contributed by atoms with E-state index in [-0.39, 0.29) is 19.6 Å². The Hall–Kier alpha value is -1.47. The second-order valence-electron chi connectivity index (χ2n) is 3.81. The molecule has 0 aromatic heterocycles. The van der Waals surface area contributed by atoms with E-state index in [1.807, 2.05) is 0 Å². The highest BCUT2D eigenvalue weighted by Crippen LogP contribution is 2.17. The Morgan fingerprint density at radius 2 is 2.00 bits per heavy atom. The molecule has 106 valence electrons. The molecule has 0 atom stereocenters. The number of sulfonamides is 1. The molecule has 0 aliphatic heterocycles. The van der Waals surface area contributed by atoms with Gasteiger partial charge in [-0.3, -0.25) is 4.79 Å². The summed E-state index contributed by atoms with van der Waals surface area (Å²) in [6, 6.07) is 5.11. The molecule has 0 aliphatic rings. The molecule has 0 saturated heterocycles. The van der Waals surface area contributed by atoms with Crippen LogP contribution in [0.5, 0.6) is 0 Å². The summed E-state index contributed by atoms with van der Waals surface area (Å²) in [4.78, 5) is 10.8. The lowest BCUT2D eigenvalue weighted by Crippen LogP contribution is -2.30. The van der Waals surface area contributed by atoms with Gasteiger partial charge in [-0.1, -0.05) is 12.1 Å². The second-order valence-corrected chi connectivity index (χ2v) is 5.83. The van der Waals surface area contributed by atoms with Crippen molar-refractivity contribution in [1.82, 2.24) is 4.31 Å². The molecule has 0 N–H and O–H groups in total. The number of ether oxygens (including phenoxy) is 1. The molecule has 1 aromatic rings. The van der Waals surface area contributed by atoms with Crippen molar-refractivity contribution >= 4 is 16.0 Å². The van der Waals surface area contributed by atoms with Gasteiger partial charge in [0.25, 0.3) is 0 Å². The first kappa shape index (κ1) is 15.6. The number of hydrogen-bond acceptors (Lipinski definition) is 4. The largest absolute Gasteiger partial charge is 0.466 e. The molecule has 19 heavy (non-hydrogen) atoms. The summed E-state index contributed by atoms with van der Waals surface area (Å²) in [5.41, 5.74) is 0. The van der Waals surface area contributed by atoms with Crippen molar-refractivity contribution in [2.75, 3.05) is 20.2 Å². The Morgan fingerprint density at radius 1 is 1.37 bits per heavy atom. The average molecular weight is 289 g/mol. The predicted molar refractivity (Wildman–Crippen MR) is 67.5 cm³/mol. The van der Waals surface area contributed by atoms with E-state index in [1.165, 1.54) is 25.2 Å². The van der Waals surface area contributed by atoms with Crippen molar-refractivity contribution in [3.63, 3.8) is 0 Å². The molecule has 0 heterocycles. The number of carbonyl (C=O) groups excluding carboxylic acids is 1. The van der Waals surface area contributed by atoms with Gasteiger partial charge >= 0.3 is 5.97 Å². The van der Waals surface area contributed by atoms with Crippen LogP contribution in [0.2, 0.25) is 0 Å². The van der Waals surface area contributed by atoms with Gasteiger partial charge in [0.1, 0.15) is 10.7 Å². The molecule has 7 heteroatoms. The summed E-state index contributed by atoms with van der Waals surface area (Å²) in [5.74, 6) is -1.30. The zero-order valence-corrected chi connectivity index (χ0v) is 11.6. The predicted octanol–water partition coefficient (Wildman–Crippen LogP) is 1.40. The summed E-state index contributed by atoms with van der Waals surface area (Å²) < 4.78 is 43.2. The highest BCUT2D eigenvalue weighted by molar-refractivity contribution is 7.89. The third-order valence-electron chi connectivity index (χ3n) is 2.46. The number of carbonyl (C=O) groups is 1. The van der Waals surface area contributed by atoms with Crippen molar-refractivity contribution in [2.45, 2.75) is 18.2 Å². The summed E-state index contributed by atoms with van der Waals surface area (Å²) in [6.45, 7) is 1.84. The number of rotatable bonds is 6. The molecular weight excluding hydrogens is 273 g/mol. The lowest BCUT2D eigenvalue weighted by molar-refractivity contribution is -0.143. The summed E-state index contributed by atoms with van der Waals surface area (Å²) >= 11 is 0. The molecule has 0 unspecified atom stereocenters. The van der Waals surface area contributed by atoms with Crippen molar-refractivity contribution in [3.05, 3.63) is 30.1 Å². The van der Waals surface area contributed by atoms with Crippen LogP contribution in [0, 0.1) is 5.82 Å². The Labute approximate surface area is 112 Å². The van der Waals surface area contributed by atoms with Gasteiger partial charge in [-0.05, 0) is 19.1 Å². The number of benzene rings is 1. The van der Waals surface area contributed by atoms with E-state index in [9.17, 15) is 17.6 Å². The molecule has 1 aromatic carbocycles. The zero-order valence-electron chi connectivity index (χ0n) is 10.8. The molecule has 5 nitrogen and oxygen atoms in total. The van der Waals surface area contributed by atoms with Gasteiger partial charge in [-0.15, -0.1) is 0 Å². The minimum atomic E-state index is -3.93. The van der Waals surface area contributed by atoms with Crippen LogP contribution in [0.4, 0.5) is 4.39 Å². The number of esters is 1. The maximum Gasteiger partial charge on any atom is 0.307 e. The maximum absolute atomic E-state index is 13.5. The highest BCUT2D eigenvalue weighted by atomic mass is 32.2. The lowest BCUT2D eigenvalue weighted by Gasteiger charge is -2.16. The topological polar surface area (TPSA) is 63.7 Å². The molecule has 0 radical (unpaired) electrons. The van der Waals surface area contributed by atoms with Gasteiger partial charge in [0.15, 0.2) is 0 Å². The Balaban J connectivity index is 2.78. The summed E-state index contributed by atoms with van der Waals surface area (Å²) in [6.07, 6.45) is -0.0714. The molecule has 0 fully saturated rings. The van der Waals surface area contributed by atoms with E-state index in [4.69, 9.17) is 4.74 Å². The molecule has 0 bridgehead atoms. The van der Waals surface area contributed by atoms with Crippen LogP contribution in [-0.4, -0.2) is 38.9 Å². The van der Waals surface area contributed by atoms with Gasteiger partial charge < -0.3 is 4.74 Å². The van der Waals surface area contributed by atoms with E-state index in [0.29, 0.717) is 0 Å². The van der Waals surface area contributed by atoms with Crippen LogP contribution in [-0.2, 0) is 19.6 Å². The third-order valence-corrected chi connectivity index (χ3v) is 4.35. The van der Waals surface area contributed by atoms with Crippen LogP contribution in [0.1, 0.15) is 13.3 Å². The second kappa shape index (κ2) is 6.63. The van der Waals surface area contributed by atoms with Crippen molar-refractivity contribution in [1.29, 1.82) is 0 Å². The van der Waals surface area contributed by atoms with Crippen LogP contribution in [0.15, 0.2) is 29.2 Å². The van der Waals surface area contributed by atoms with Gasteiger partial charge in [0, 0.05) is 13.6 Å². The Kier molecular flexibility index (Phi) is 5.44. The SMILES string of the molecule is CCOC(=O)CCN(C)S(=O)(=O)c1ccccc1F. The van der Waals surface area contributed by atoms with E-state index in [0.717, 1.165) is 10.4 Å². The molecular formula is C12H16FNO4S. The summed E-state index contributed by atoms with van der Waals surface area (Å²) in [5, 5.41) is 0. The smallest absolute Gasteiger partial charge is 0.307 e. The molecule has 0 spiro atoms. The zero-order chi connectivity index (χ0) is 14.5. The van der Waals surface area contributed by atoms with Crippen LogP contribution in [0.3, 0.4) is 0 Å². The van der Waals surface area contributed by atoms with Crippen LogP contribution >= 0.6 is 0 Å². The lowest BCUT2D eigenvalue weighted by atomic mass is 10.4. The van der Waals surface area contributed by atoms with Gasteiger partial charge in [0.05, 0.1) is 13.0 Å². The Morgan fingerprint density at radius 3 is 2.58 bits per heavy atom. The standard InChI is InChI=1S/C12H16FNO4S/c1-3-18-12(15)8-9-14(2)19(16,17)11-7-5-4-6-10(11)13/h4-7H,3,8-9H2,1-2H3. The minimum Gasteiger partial charge on any atom is -0.466 e. The van der Waals surface area contributed by atoms with Crippen molar-refractivity contribution in [2.24, 2.45) is 0 Å². The highest BCUT2D eigenvalue weighted by Gasteiger charge is 2.24. The maximum atomic E-state index is 13.5. The van der Waals surface area contributed by atoms with Gasteiger partial charge in [0.2, 0.25) is 10.0 Å². The van der Waals surface area contributed by atoms with E-state index in [1.54, 1.807) is 6.92 Å². The molecule has 0 aliphatic carbocycles. The van der Waals surface area contributed by atoms with Crippen LogP contribution in [0.25, 0.3) is 0 Å². The normalized spacial score (nSPS) is 11.6. The molecule has 1 rings (SSSR count). The summed E-state index contributed by atoms with van der Waals surface area (Å²) in [7, 11) is -2.64. The van der Waals surface area contributed by atoms with E-state index < -0.39 is 26.7 Å². The van der Waals surface area contributed by atoms with Gasteiger partial charge in [-0.25, -0.2) is 17.1 Å². The monoisotopic (exact) mass is 289 g/mol. The molecule has 0 amide bonds. The fourth-order valence-electron chi connectivity index (χ4n) is 1.42. The van der Waals surface area contributed by atoms with E-state index in [2.05, 4.69) is 0 Å². The minimum absolute atomic E-state index is 0.0600. The third kappa shape index (κ3) is 4.00. The quantitative estimate of drug-likeness (QED) is 0.743. The first-order valence-electron chi connectivity index (χ1n) is 5.76. The fraction of sp³-hybridized carbons (Fsp3) is 0.417. The van der Waals surface area contributed by atoms with Crippen molar-refractivity contribution < 1.29 is 22.3 Å². The first-order chi connectivity index (χ1) is 8.89. The average Bonchev–Trinajstić information content (AvgIpc) is 2.36.